The fourth-order valence-electron chi connectivity index (χ4n) is 1.41. The van der Waals surface area contributed by atoms with Crippen LogP contribution in [0.15, 0.2) is 12.1 Å². The summed E-state index contributed by atoms with van der Waals surface area (Å²) in [4.78, 5) is 22.1. The molecule has 0 aliphatic carbocycles. The van der Waals surface area contributed by atoms with Crippen molar-refractivity contribution in [2.24, 2.45) is 0 Å². The predicted octanol–water partition coefficient (Wildman–Crippen LogP) is 1.54. The Morgan fingerprint density at radius 2 is 2.24 bits per heavy atom. The number of aliphatic hydroxyl groups is 1. The van der Waals surface area contributed by atoms with E-state index in [0.29, 0.717) is 6.29 Å². The molecule has 0 aromatic heterocycles. The number of carbonyl (C=O) groups is 2. The topological polar surface area (TPSA) is 63.6 Å². The van der Waals surface area contributed by atoms with Crippen molar-refractivity contribution in [2.45, 2.75) is 20.0 Å². The average Bonchev–Trinajstić information content (AvgIpc) is 2.31. The van der Waals surface area contributed by atoms with E-state index in [1.807, 2.05) is 0 Å². The minimum Gasteiger partial charge on any atom is -0.464 e. The van der Waals surface area contributed by atoms with Crippen LogP contribution in [-0.2, 0) is 9.53 Å². The molecule has 0 heterocycles. The summed E-state index contributed by atoms with van der Waals surface area (Å²) in [5, 5.41) is 9.65. The lowest BCUT2D eigenvalue weighted by molar-refractivity contribution is -0.153. The number of hydrogen-bond acceptors (Lipinski definition) is 4. The number of benzene rings is 1. The first-order chi connectivity index (χ1) is 8.01. The Hall–Kier alpha value is -1.75. The molecule has 17 heavy (non-hydrogen) atoms. The Labute approximate surface area is 98.0 Å². The number of carbonyl (C=O) groups excluding carboxylic acids is 2. The first kappa shape index (κ1) is 13.3. The van der Waals surface area contributed by atoms with Crippen molar-refractivity contribution in [1.29, 1.82) is 0 Å². The third kappa shape index (κ3) is 2.88. The average molecular weight is 240 g/mol. The molecule has 4 nitrogen and oxygen atoms in total. The molecule has 0 radical (unpaired) electrons. The second kappa shape index (κ2) is 5.54. The maximum Gasteiger partial charge on any atom is 0.339 e. The monoisotopic (exact) mass is 240 g/mol. The number of aryl methyl sites for hydroxylation is 1. The molecule has 0 fully saturated rings. The van der Waals surface area contributed by atoms with Crippen molar-refractivity contribution in [1.82, 2.24) is 0 Å². The molecule has 92 valence electrons. The molecule has 5 heteroatoms. The third-order valence-corrected chi connectivity index (χ3v) is 2.30. The molecule has 0 aliphatic heterocycles. The van der Waals surface area contributed by atoms with Gasteiger partial charge in [0.2, 0.25) is 0 Å². The standard InChI is InChI=1S/C12H13FO4/c1-3-17-12(16)11(15)9-5-10(13)7(2)4-8(9)6-14/h4-6,11,15H,3H2,1-2H3. The quantitative estimate of drug-likeness (QED) is 0.640. The molecule has 0 amide bonds. The van der Waals surface area contributed by atoms with Gasteiger partial charge in [0.15, 0.2) is 6.10 Å². The van der Waals surface area contributed by atoms with E-state index >= 15 is 0 Å². The number of hydrogen-bond donors (Lipinski definition) is 1. The van der Waals surface area contributed by atoms with E-state index in [-0.39, 0.29) is 23.3 Å². The zero-order chi connectivity index (χ0) is 13.0. The summed E-state index contributed by atoms with van der Waals surface area (Å²) in [6.45, 7) is 3.17. The highest BCUT2D eigenvalue weighted by Crippen LogP contribution is 2.22. The van der Waals surface area contributed by atoms with Crippen LogP contribution in [-0.4, -0.2) is 24.0 Å². The van der Waals surface area contributed by atoms with Gasteiger partial charge in [0.25, 0.3) is 0 Å². The fraction of sp³-hybridized carbons (Fsp3) is 0.333. The Balaban J connectivity index is 3.16. The van der Waals surface area contributed by atoms with E-state index in [4.69, 9.17) is 0 Å². The Bertz CT molecular complexity index is 442. The van der Waals surface area contributed by atoms with Gasteiger partial charge < -0.3 is 9.84 Å². The van der Waals surface area contributed by atoms with Crippen LogP contribution >= 0.6 is 0 Å². The maximum absolute atomic E-state index is 13.3. The molecule has 1 aromatic rings. The normalized spacial score (nSPS) is 12.0. The van der Waals surface area contributed by atoms with Crippen molar-refractivity contribution >= 4 is 12.3 Å². The second-order valence-corrected chi connectivity index (χ2v) is 3.50. The number of esters is 1. The van der Waals surface area contributed by atoms with Gasteiger partial charge in [-0.05, 0) is 31.5 Å². The highest BCUT2D eigenvalue weighted by molar-refractivity contribution is 5.84. The summed E-state index contributed by atoms with van der Waals surface area (Å²) in [6, 6.07) is 2.25. The number of aliphatic hydroxyl groups excluding tert-OH is 1. The van der Waals surface area contributed by atoms with Crippen molar-refractivity contribution in [3.05, 3.63) is 34.6 Å². The molecule has 1 atom stereocenters. The number of rotatable bonds is 4. The molecular formula is C12H13FO4. The fourth-order valence-corrected chi connectivity index (χ4v) is 1.41. The third-order valence-electron chi connectivity index (χ3n) is 2.30. The lowest BCUT2D eigenvalue weighted by Gasteiger charge is -2.12. The second-order valence-electron chi connectivity index (χ2n) is 3.50. The van der Waals surface area contributed by atoms with Crippen molar-refractivity contribution < 1.29 is 23.8 Å². The van der Waals surface area contributed by atoms with E-state index in [1.54, 1.807) is 6.92 Å². The minimum atomic E-state index is -1.65. The number of ether oxygens (including phenoxy) is 1. The molecular weight excluding hydrogens is 227 g/mol. The highest BCUT2D eigenvalue weighted by Gasteiger charge is 2.22. The van der Waals surface area contributed by atoms with Crippen LogP contribution in [0.4, 0.5) is 4.39 Å². The maximum atomic E-state index is 13.3. The van der Waals surface area contributed by atoms with Crippen LogP contribution in [0.1, 0.15) is 34.5 Å². The van der Waals surface area contributed by atoms with Crippen LogP contribution < -0.4 is 0 Å². The van der Waals surface area contributed by atoms with Gasteiger partial charge in [-0.1, -0.05) is 0 Å². The van der Waals surface area contributed by atoms with Crippen LogP contribution in [0.3, 0.4) is 0 Å². The van der Waals surface area contributed by atoms with E-state index in [0.717, 1.165) is 6.07 Å². The lowest BCUT2D eigenvalue weighted by Crippen LogP contribution is -2.17. The van der Waals surface area contributed by atoms with Crippen LogP contribution in [0.25, 0.3) is 0 Å². The largest absolute Gasteiger partial charge is 0.464 e. The number of halogens is 1. The van der Waals surface area contributed by atoms with Crippen molar-refractivity contribution in [2.75, 3.05) is 6.61 Å². The Kier molecular flexibility index (Phi) is 4.34. The van der Waals surface area contributed by atoms with Gasteiger partial charge in [-0.2, -0.15) is 0 Å². The van der Waals surface area contributed by atoms with E-state index in [9.17, 15) is 19.1 Å². The summed E-state index contributed by atoms with van der Waals surface area (Å²) in [5.74, 6) is -1.49. The van der Waals surface area contributed by atoms with Gasteiger partial charge >= 0.3 is 5.97 Å². The lowest BCUT2D eigenvalue weighted by atomic mass is 10.0. The highest BCUT2D eigenvalue weighted by atomic mass is 19.1. The summed E-state index contributed by atoms with van der Waals surface area (Å²) in [5.41, 5.74) is 0.262. The van der Waals surface area contributed by atoms with Gasteiger partial charge in [-0.25, -0.2) is 9.18 Å². The Morgan fingerprint density at radius 1 is 1.59 bits per heavy atom. The molecule has 0 saturated carbocycles. The first-order valence-corrected chi connectivity index (χ1v) is 5.11. The smallest absolute Gasteiger partial charge is 0.339 e. The molecule has 1 N–H and O–H groups in total. The van der Waals surface area contributed by atoms with Gasteiger partial charge in [0.1, 0.15) is 12.1 Å². The zero-order valence-corrected chi connectivity index (χ0v) is 9.57. The van der Waals surface area contributed by atoms with Crippen molar-refractivity contribution in [3.63, 3.8) is 0 Å². The summed E-state index contributed by atoms with van der Waals surface area (Å²) in [7, 11) is 0. The predicted molar refractivity (Wildman–Crippen MR) is 58.1 cm³/mol. The molecule has 0 saturated heterocycles. The molecule has 1 unspecified atom stereocenters. The first-order valence-electron chi connectivity index (χ1n) is 5.11. The molecule has 1 aromatic carbocycles. The summed E-state index contributed by atoms with van der Waals surface area (Å²) in [6.07, 6.45) is -1.19. The summed E-state index contributed by atoms with van der Waals surface area (Å²) < 4.78 is 17.9. The van der Waals surface area contributed by atoms with Gasteiger partial charge in [-0.15, -0.1) is 0 Å². The molecule has 0 bridgehead atoms. The zero-order valence-electron chi connectivity index (χ0n) is 9.57. The Morgan fingerprint density at radius 3 is 2.76 bits per heavy atom. The molecule has 0 aliphatic rings. The van der Waals surface area contributed by atoms with E-state index < -0.39 is 17.9 Å². The molecule has 0 spiro atoms. The van der Waals surface area contributed by atoms with Crippen LogP contribution in [0.2, 0.25) is 0 Å². The van der Waals surface area contributed by atoms with E-state index in [2.05, 4.69) is 4.74 Å². The minimum absolute atomic E-state index is 0.0736. The summed E-state index contributed by atoms with van der Waals surface area (Å²) >= 11 is 0. The molecule has 1 rings (SSSR count). The SMILES string of the molecule is CCOC(=O)C(O)c1cc(F)c(C)cc1C=O. The van der Waals surface area contributed by atoms with E-state index in [1.165, 1.54) is 13.0 Å². The van der Waals surface area contributed by atoms with Gasteiger partial charge in [0.05, 0.1) is 6.61 Å². The van der Waals surface area contributed by atoms with Crippen molar-refractivity contribution in [3.8, 4) is 0 Å². The van der Waals surface area contributed by atoms with Crippen LogP contribution in [0.5, 0.6) is 0 Å². The van der Waals surface area contributed by atoms with Crippen LogP contribution in [0, 0.1) is 12.7 Å². The van der Waals surface area contributed by atoms with Gasteiger partial charge in [-0.3, -0.25) is 4.79 Å². The van der Waals surface area contributed by atoms with Gasteiger partial charge in [0, 0.05) is 11.1 Å². The number of aldehydes is 1.